The molecule has 3 heteroatoms. The van der Waals surface area contributed by atoms with E-state index in [1.54, 1.807) is 0 Å². The molecule has 3 nitrogen and oxygen atoms in total. The second kappa shape index (κ2) is 7.91. The first kappa shape index (κ1) is 17.7. The molecule has 1 aliphatic carbocycles. The molecule has 26 heavy (non-hydrogen) atoms. The second-order valence-electron chi connectivity index (χ2n) is 7.74. The third-order valence-corrected chi connectivity index (χ3v) is 6.12. The third kappa shape index (κ3) is 3.57. The zero-order valence-corrected chi connectivity index (χ0v) is 15.4. The van der Waals surface area contributed by atoms with Crippen molar-refractivity contribution in [1.82, 2.24) is 5.32 Å². The summed E-state index contributed by atoms with van der Waals surface area (Å²) in [5.74, 6) is 0.316. The number of hydrogen-bond acceptors (Lipinski definition) is 3. The molecule has 4 rings (SSSR count). The molecule has 2 atom stereocenters. The van der Waals surface area contributed by atoms with Gasteiger partial charge in [0.1, 0.15) is 0 Å². The normalized spacial score (nSPS) is 23.7. The van der Waals surface area contributed by atoms with Crippen LogP contribution in [-0.4, -0.2) is 36.5 Å². The minimum atomic E-state index is -0.811. The molecule has 1 saturated heterocycles. The Morgan fingerprint density at radius 3 is 2.46 bits per heavy atom. The van der Waals surface area contributed by atoms with Crippen molar-refractivity contribution in [2.45, 2.75) is 43.8 Å². The summed E-state index contributed by atoms with van der Waals surface area (Å²) in [6, 6.07) is 19.0. The summed E-state index contributed by atoms with van der Waals surface area (Å²) in [6.45, 7) is 2.29. The first-order valence-corrected chi connectivity index (χ1v) is 9.95. The van der Waals surface area contributed by atoms with E-state index >= 15 is 0 Å². The number of hydrogen-bond donors (Lipinski definition) is 2. The molecule has 0 radical (unpaired) electrons. The van der Waals surface area contributed by atoms with Crippen molar-refractivity contribution in [3.8, 4) is 11.1 Å². The molecular weight excluding hydrogens is 322 g/mol. The van der Waals surface area contributed by atoms with E-state index in [1.165, 1.54) is 29.5 Å². The van der Waals surface area contributed by atoms with Crippen LogP contribution < -0.4 is 5.32 Å². The van der Waals surface area contributed by atoms with E-state index in [4.69, 9.17) is 4.74 Å². The maximum atomic E-state index is 11.9. The van der Waals surface area contributed by atoms with Gasteiger partial charge in [-0.3, -0.25) is 0 Å². The number of nitrogens with one attached hydrogen (secondary N) is 1. The molecule has 0 bridgehead atoms. The Morgan fingerprint density at radius 1 is 1.00 bits per heavy atom. The van der Waals surface area contributed by atoms with Gasteiger partial charge in [0.2, 0.25) is 0 Å². The zero-order valence-electron chi connectivity index (χ0n) is 15.4. The monoisotopic (exact) mass is 351 g/mol. The Balaban J connectivity index is 1.68. The Labute approximate surface area is 156 Å². The van der Waals surface area contributed by atoms with Crippen LogP contribution in [0.5, 0.6) is 0 Å². The van der Waals surface area contributed by atoms with Gasteiger partial charge < -0.3 is 15.2 Å². The van der Waals surface area contributed by atoms with E-state index in [0.717, 1.165) is 25.9 Å². The highest BCUT2D eigenvalue weighted by molar-refractivity contribution is 5.67. The van der Waals surface area contributed by atoms with Crippen LogP contribution >= 0.6 is 0 Å². The Morgan fingerprint density at radius 2 is 1.73 bits per heavy atom. The molecule has 138 valence electrons. The van der Waals surface area contributed by atoms with Crippen molar-refractivity contribution in [3.05, 3.63) is 60.2 Å². The van der Waals surface area contributed by atoms with Gasteiger partial charge in [-0.25, -0.2) is 0 Å². The van der Waals surface area contributed by atoms with Crippen LogP contribution in [-0.2, 0) is 11.2 Å². The maximum absolute atomic E-state index is 11.9. The fourth-order valence-electron chi connectivity index (χ4n) is 4.71. The van der Waals surface area contributed by atoms with E-state index in [2.05, 4.69) is 53.8 Å². The lowest BCUT2D eigenvalue weighted by Gasteiger charge is -2.43. The number of benzene rings is 2. The maximum Gasteiger partial charge on any atom is 0.0992 e. The molecular formula is C23H29NO2. The number of aliphatic hydroxyl groups is 1. The summed E-state index contributed by atoms with van der Waals surface area (Å²) in [5.41, 5.74) is 2.82. The van der Waals surface area contributed by atoms with Gasteiger partial charge in [0.25, 0.3) is 0 Å². The SMILES string of the molecule is OC(Cc1ccccc1-c1ccccc1)(C1CCCC1)C1CNCCO1. The fraction of sp³-hybridized carbons (Fsp3) is 0.478. The lowest BCUT2D eigenvalue weighted by Crippen LogP contribution is -2.57. The number of ether oxygens (including phenoxy) is 1. The van der Waals surface area contributed by atoms with Crippen molar-refractivity contribution >= 4 is 0 Å². The molecule has 0 spiro atoms. The van der Waals surface area contributed by atoms with E-state index in [9.17, 15) is 5.11 Å². The summed E-state index contributed by atoms with van der Waals surface area (Å²) < 4.78 is 6.06. The average Bonchev–Trinajstić information content (AvgIpc) is 3.25. The van der Waals surface area contributed by atoms with Gasteiger partial charge in [0, 0.05) is 19.5 Å². The van der Waals surface area contributed by atoms with Crippen LogP contribution in [0.1, 0.15) is 31.2 Å². The molecule has 2 N–H and O–H groups in total. The minimum Gasteiger partial charge on any atom is -0.386 e. The molecule has 1 heterocycles. The zero-order chi connectivity index (χ0) is 17.8. The highest BCUT2D eigenvalue weighted by atomic mass is 16.5. The summed E-state index contributed by atoms with van der Waals surface area (Å²) in [7, 11) is 0. The predicted octanol–water partition coefficient (Wildman–Crippen LogP) is 3.81. The van der Waals surface area contributed by atoms with Gasteiger partial charge in [0.15, 0.2) is 0 Å². The molecule has 2 aromatic rings. The molecule has 2 unspecified atom stereocenters. The largest absolute Gasteiger partial charge is 0.386 e. The molecule has 2 aliphatic rings. The second-order valence-corrected chi connectivity index (χ2v) is 7.74. The van der Waals surface area contributed by atoms with Crippen LogP contribution in [0.4, 0.5) is 0 Å². The van der Waals surface area contributed by atoms with Crippen LogP contribution in [0.3, 0.4) is 0 Å². The van der Waals surface area contributed by atoms with Gasteiger partial charge in [-0.05, 0) is 35.4 Å². The average molecular weight is 351 g/mol. The Bertz CT molecular complexity index is 705. The van der Waals surface area contributed by atoms with Gasteiger partial charge in [-0.15, -0.1) is 0 Å². The van der Waals surface area contributed by atoms with E-state index in [0.29, 0.717) is 18.9 Å². The van der Waals surface area contributed by atoms with Gasteiger partial charge >= 0.3 is 0 Å². The molecule has 1 saturated carbocycles. The molecule has 2 aromatic carbocycles. The Hall–Kier alpha value is -1.68. The molecule has 2 fully saturated rings. The van der Waals surface area contributed by atoms with Crippen molar-refractivity contribution in [2.24, 2.45) is 5.92 Å². The summed E-state index contributed by atoms with van der Waals surface area (Å²) in [6.07, 6.45) is 5.15. The van der Waals surface area contributed by atoms with Crippen molar-refractivity contribution in [3.63, 3.8) is 0 Å². The summed E-state index contributed by atoms with van der Waals surface area (Å²) >= 11 is 0. The van der Waals surface area contributed by atoms with Gasteiger partial charge in [-0.2, -0.15) is 0 Å². The van der Waals surface area contributed by atoms with Gasteiger partial charge in [-0.1, -0.05) is 67.4 Å². The summed E-state index contributed by atoms with van der Waals surface area (Å²) in [5, 5.41) is 15.3. The summed E-state index contributed by atoms with van der Waals surface area (Å²) in [4.78, 5) is 0. The first-order chi connectivity index (χ1) is 12.8. The van der Waals surface area contributed by atoms with E-state index in [-0.39, 0.29) is 6.10 Å². The minimum absolute atomic E-state index is 0.136. The molecule has 1 aliphatic heterocycles. The lowest BCUT2D eigenvalue weighted by molar-refractivity contribution is -0.147. The number of rotatable bonds is 5. The van der Waals surface area contributed by atoms with Crippen molar-refractivity contribution in [1.29, 1.82) is 0 Å². The van der Waals surface area contributed by atoms with E-state index in [1.807, 2.05) is 6.07 Å². The van der Waals surface area contributed by atoms with E-state index < -0.39 is 5.60 Å². The van der Waals surface area contributed by atoms with Crippen LogP contribution in [0, 0.1) is 5.92 Å². The molecule has 0 aromatic heterocycles. The highest BCUT2D eigenvalue weighted by Crippen LogP contribution is 2.41. The van der Waals surface area contributed by atoms with Crippen molar-refractivity contribution < 1.29 is 9.84 Å². The fourth-order valence-corrected chi connectivity index (χ4v) is 4.71. The van der Waals surface area contributed by atoms with Gasteiger partial charge in [0.05, 0.1) is 18.3 Å². The highest BCUT2D eigenvalue weighted by Gasteiger charge is 2.46. The van der Waals surface area contributed by atoms with Crippen LogP contribution in [0.2, 0.25) is 0 Å². The predicted molar refractivity (Wildman–Crippen MR) is 105 cm³/mol. The quantitative estimate of drug-likeness (QED) is 0.861. The third-order valence-electron chi connectivity index (χ3n) is 6.12. The number of morpholine rings is 1. The van der Waals surface area contributed by atoms with Crippen LogP contribution in [0.15, 0.2) is 54.6 Å². The topological polar surface area (TPSA) is 41.5 Å². The Kier molecular flexibility index (Phi) is 5.39. The lowest BCUT2D eigenvalue weighted by atomic mass is 9.75. The molecule has 0 amide bonds. The smallest absolute Gasteiger partial charge is 0.0992 e. The standard InChI is InChI=1S/C23H29NO2/c25-23(20-11-5-6-12-20,22-17-24-14-15-26-22)16-19-10-4-7-13-21(19)18-8-2-1-3-9-18/h1-4,7-10,13,20,22,24-25H,5-6,11-12,14-17H2. The first-order valence-electron chi connectivity index (χ1n) is 9.95. The van der Waals surface area contributed by atoms with Crippen LogP contribution in [0.25, 0.3) is 11.1 Å². The van der Waals surface area contributed by atoms with Crippen molar-refractivity contribution in [2.75, 3.05) is 19.7 Å².